The molecule has 8 atom stereocenters. The van der Waals surface area contributed by atoms with Crippen LogP contribution < -0.4 is 0 Å². The van der Waals surface area contributed by atoms with E-state index < -0.39 is 35.1 Å². The Morgan fingerprint density at radius 1 is 1.17 bits per heavy atom. The standard InChI is InChI=1S/C18H20O5/c1-7-3-4-8(2)18(17(22)23)14(7)15(20)13-10-5-9(6-11(10)19)12(13)16(18)21/h3-4,7-10,12-14H,5-6H2,1-2H3,(H,22,23)/t7-,8+,9-,10+,12?,13?,14-,18-/m0/s1. The molecule has 5 heteroatoms. The second-order valence-electron chi connectivity index (χ2n) is 7.78. The number of hydrogen-bond donors (Lipinski definition) is 1. The smallest absolute Gasteiger partial charge is 0.318 e. The molecule has 5 nitrogen and oxygen atoms in total. The summed E-state index contributed by atoms with van der Waals surface area (Å²) in [5, 5.41) is 9.97. The monoisotopic (exact) mass is 316 g/mol. The SMILES string of the molecule is C[C@@H]1C=C[C@H](C)[C@H]2C(=O)C3C(C(=O)[C@]12C(=O)O)[C@@H]1CC(=O)[C@H]3C1. The van der Waals surface area contributed by atoms with Crippen LogP contribution in [0, 0.1) is 46.8 Å². The lowest BCUT2D eigenvalue weighted by atomic mass is 9.47. The molecule has 0 aromatic rings. The predicted molar refractivity (Wildman–Crippen MR) is 79.2 cm³/mol. The maximum absolute atomic E-state index is 13.3. The fourth-order valence-corrected chi connectivity index (χ4v) is 5.95. The lowest BCUT2D eigenvalue weighted by Crippen LogP contribution is -2.65. The molecule has 122 valence electrons. The number of allylic oxidation sites excluding steroid dienone is 2. The summed E-state index contributed by atoms with van der Waals surface area (Å²) >= 11 is 0. The Morgan fingerprint density at radius 3 is 2.52 bits per heavy atom. The zero-order valence-electron chi connectivity index (χ0n) is 13.2. The molecule has 4 rings (SSSR count). The second kappa shape index (κ2) is 4.40. The number of carboxylic acid groups (broad SMARTS) is 1. The van der Waals surface area contributed by atoms with E-state index in [4.69, 9.17) is 0 Å². The molecular weight excluding hydrogens is 296 g/mol. The van der Waals surface area contributed by atoms with Crippen LogP contribution in [0.25, 0.3) is 0 Å². The van der Waals surface area contributed by atoms with Crippen LogP contribution in [0.2, 0.25) is 0 Å². The van der Waals surface area contributed by atoms with E-state index in [0.29, 0.717) is 12.8 Å². The van der Waals surface area contributed by atoms with Gasteiger partial charge >= 0.3 is 5.97 Å². The van der Waals surface area contributed by atoms with E-state index >= 15 is 0 Å². The van der Waals surface area contributed by atoms with Crippen molar-refractivity contribution in [3.8, 4) is 0 Å². The fraction of sp³-hybridized carbons (Fsp3) is 0.667. The predicted octanol–water partition coefficient (Wildman–Crippen LogP) is 1.51. The highest BCUT2D eigenvalue weighted by Crippen LogP contribution is 2.61. The van der Waals surface area contributed by atoms with Crippen molar-refractivity contribution in [2.24, 2.45) is 46.8 Å². The number of hydrogen-bond acceptors (Lipinski definition) is 4. The Bertz CT molecular complexity index is 677. The summed E-state index contributed by atoms with van der Waals surface area (Å²) in [7, 11) is 0. The Morgan fingerprint density at radius 2 is 1.87 bits per heavy atom. The normalized spacial score (nSPS) is 50.9. The fourth-order valence-electron chi connectivity index (χ4n) is 5.95. The summed E-state index contributed by atoms with van der Waals surface area (Å²) in [5.41, 5.74) is -1.65. The van der Waals surface area contributed by atoms with Gasteiger partial charge in [-0.05, 0) is 24.2 Å². The molecule has 0 aromatic carbocycles. The van der Waals surface area contributed by atoms with Crippen LogP contribution in [0.4, 0.5) is 0 Å². The highest BCUT2D eigenvalue weighted by Gasteiger charge is 2.72. The van der Waals surface area contributed by atoms with Crippen molar-refractivity contribution < 1.29 is 24.3 Å². The minimum atomic E-state index is -1.65. The molecule has 2 bridgehead atoms. The van der Waals surface area contributed by atoms with Crippen molar-refractivity contribution in [3.05, 3.63) is 12.2 Å². The van der Waals surface area contributed by atoms with E-state index in [1.807, 2.05) is 6.08 Å². The van der Waals surface area contributed by atoms with Gasteiger partial charge in [0, 0.05) is 30.1 Å². The zero-order chi connectivity index (χ0) is 16.7. The van der Waals surface area contributed by atoms with Crippen LogP contribution in [0.1, 0.15) is 26.7 Å². The van der Waals surface area contributed by atoms with Gasteiger partial charge in [0.25, 0.3) is 0 Å². The second-order valence-corrected chi connectivity index (χ2v) is 7.78. The van der Waals surface area contributed by atoms with Crippen molar-refractivity contribution in [1.29, 1.82) is 0 Å². The van der Waals surface area contributed by atoms with Crippen LogP contribution in [0.3, 0.4) is 0 Å². The highest BCUT2D eigenvalue weighted by molar-refractivity contribution is 6.15. The van der Waals surface area contributed by atoms with Gasteiger partial charge in [-0.3, -0.25) is 19.2 Å². The quantitative estimate of drug-likeness (QED) is 0.585. The molecule has 23 heavy (non-hydrogen) atoms. The van der Waals surface area contributed by atoms with Gasteiger partial charge in [0.05, 0.1) is 0 Å². The topological polar surface area (TPSA) is 88.5 Å². The Labute approximate surface area is 134 Å². The van der Waals surface area contributed by atoms with Gasteiger partial charge in [0.2, 0.25) is 0 Å². The average Bonchev–Trinajstić information content (AvgIpc) is 3.03. The first kappa shape index (κ1) is 14.8. The summed E-state index contributed by atoms with van der Waals surface area (Å²) in [5.74, 6) is -4.87. The molecule has 3 saturated carbocycles. The van der Waals surface area contributed by atoms with Crippen LogP contribution in [-0.4, -0.2) is 28.4 Å². The first-order chi connectivity index (χ1) is 10.8. The molecular formula is C18H20O5. The van der Waals surface area contributed by atoms with Gasteiger partial charge < -0.3 is 5.11 Å². The first-order valence-corrected chi connectivity index (χ1v) is 8.34. The molecule has 4 aliphatic carbocycles. The van der Waals surface area contributed by atoms with Gasteiger partial charge in [0.1, 0.15) is 17.0 Å². The van der Waals surface area contributed by atoms with E-state index in [0.717, 1.165) is 0 Å². The lowest BCUT2D eigenvalue weighted by Gasteiger charge is -2.51. The summed E-state index contributed by atoms with van der Waals surface area (Å²) in [6.45, 7) is 3.51. The minimum Gasteiger partial charge on any atom is -0.480 e. The molecule has 0 amide bonds. The molecule has 3 fully saturated rings. The van der Waals surface area contributed by atoms with Crippen LogP contribution in [0.15, 0.2) is 12.2 Å². The van der Waals surface area contributed by atoms with Gasteiger partial charge in [-0.15, -0.1) is 0 Å². The first-order valence-electron chi connectivity index (χ1n) is 8.34. The van der Waals surface area contributed by atoms with Crippen molar-refractivity contribution in [2.45, 2.75) is 26.7 Å². The van der Waals surface area contributed by atoms with Gasteiger partial charge in [-0.1, -0.05) is 26.0 Å². The van der Waals surface area contributed by atoms with Crippen LogP contribution >= 0.6 is 0 Å². The van der Waals surface area contributed by atoms with E-state index in [2.05, 4.69) is 0 Å². The van der Waals surface area contributed by atoms with Crippen molar-refractivity contribution >= 4 is 23.3 Å². The number of ketones is 3. The Kier molecular flexibility index (Phi) is 2.83. The van der Waals surface area contributed by atoms with E-state index in [9.17, 15) is 24.3 Å². The highest BCUT2D eigenvalue weighted by atomic mass is 16.4. The number of aliphatic carboxylic acids is 1. The summed E-state index contributed by atoms with van der Waals surface area (Å²) in [6.07, 6.45) is 4.51. The molecule has 0 aliphatic heterocycles. The van der Waals surface area contributed by atoms with Gasteiger partial charge in [-0.25, -0.2) is 0 Å². The third-order valence-electron chi connectivity index (χ3n) is 6.90. The number of rotatable bonds is 1. The number of carbonyl (C=O) groups excluding carboxylic acids is 3. The number of fused-ring (bicyclic) bond motifs is 6. The summed E-state index contributed by atoms with van der Waals surface area (Å²) in [6, 6.07) is 0. The van der Waals surface area contributed by atoms with Crippen molar-refractivity contribution in [3.63, 3.8) is 0 Å². The van der Waals surface area contributed by atoms with Gasteiger partial charge in [-0.2, -0.15) is 0 Å². The van der Waals surface area contributed by atoms with E-state index in [1.54, 1.807) is 19.9 Å². The lowest BCUT2D eigenvalue weighted by molar-refractivity contribution is -0.179. The van der Waals surface area contributed by atoms with E-state index in [-0.39, 0.29) is 35.1 Å². The zero-order valence-corrected chi connectivity index (χ0v) is 13.2. The van der Waals surface area contributed by atoms with Gasteiger partial charge in [0.15, 0.2) is 5.78 Å². The Hall–Kier alpha value is -1.78. The third-order valence-corrected chi connectivity index (χ3v) is 6.90. The Balaban J connectivity index is 1.92. The number of carbonyl (C=O) groups is 4. The van der Waals surface area contributed by atoms with Crippen molar-refractivity contribution in [2.75, 3.05) is 0 Å². The average molecular weight is 316 g/mol. The molecule has 1 N–H and O–H groups in total. The minimum absolute atomic E-state index is 0.0762. The summed E-state index contributed by atoms with van der Waals surface area (Å²) < 4.78 is 0. The number of carboxylic acids is 1. The van der Waals surface area contributed by atoms with Crippen LogP contribution in [-0.2, 0) is 19.2 Å². The molecule has 0 radical (unpaired) electrons. The van der Waals surface area contributed by atoms with E-state index in [1.165, 1.54) is 0 Å². The maximum Gasteiger partial charge on any atom is 0.318 e. The summed E-state index contributed by atoms with van der Waals surface area (Å²) in [4.78, 5) is 50.8. The maximum atomic E-state index is 13.3. The largest absolute Gasteiger partial charge is 0.480 e. The third kappa shape index (κ3) is 1.49. The molecule has 0 spiro atoms. The molecule has 0 aromatic heterocycles. The number of Topliss-reactive ketones (excluding diaryl/α,β-unsaturated/α-hetero) is 3. The molecule has 2 unspecified atom stereocenters. The molecule has 0 saturated heterocycles. The molecule has 0 heterocycles. The molecule has 4 aliphatic rings. The van der Waals surface area contributed by atoms with Crippen molar-refractivity contribution in [1.82, 2.24) is 0 Å². The van der Waals surface area contributed by atoms with Crippen LogP contribution in [0.5, 0.6) is 0 Å².